The van der Waals surface area contributed by atoms with Crippen LogP contribution in [0.1, 0.15) is 12.8 Å². The van der Waals surface area contributed by atoms with E-state index in [0.717, 1.165) is 13.0 Å². The number of hydrogen-bond donors (Lipinski definition) is 2. The summed E-state index contributed by atoms with van der Waals surface area (Å²) >= 11 is 0. The second-order valence-corrected chi connectivity index (χ2v) is 1.97. The fourth-order valence-electron chi connectivity index (χ4n) is 0.919. The first-order chi connectivity index (χ1) is 3.93. The summed E-state index contributed by atoms with van der Waals surface area (Å²) in [5, 5.41) is 14.1. The standard InChI is InChI=1S/C5H10N2O/c8-7-4-5-2-1-3-6-5/h4-6,8H,1-3H2/b7-4-. The molecule has 46 valence electrons. The second-order valence-electron chi connectivity index (χ2n) is 1.97. The van der Waals surface area contributed by atoms with Gasteiger partial charge in [0.05, 0.1) is 6.21 Å². The van der Waals surface area contributed by atoms with Crippen LogP contribution in [0.3, 0.4) is 0 Å². The van der Waals surface area contributed by atoms with E-state index >= 15 is 0 Å². The van der Waals surface area contributed by atoms with Crippen molar-refractivity contribution < 1.29 is 5.21 Å². The predicted octanol–water partition coefficient (Wildman–Crippen LogP) is 0.198. The van der Waals surface area contributed by atoms with Gasteiger partial charge in [-0.3, -0.25) is 0 Å². The number of oxime groups is 1. The Morgan fingerprint density at radius 1 is 1.75 bits per heavy atom. The van der Waals surface area contributed by atoms with Gasteiger partial charge in [-0.05, 0) is 19.4 Å². The monoisotopic (exact) mass is 114 g/mol. The van der Waals surface area contributed by atoms with Crippen LogP contribution in [0.4, 0.5) is 0 Å². The molecular formula is C5H10N2O. The molecule has 1 unspecified atom stereocenters. The minimum absolute atomic E-state index is 0.319. The smallest absolute Gasteiger partial charge is 0.0605 e. The van der Waals surface area contributed by atoms with Crippen molar-refractivity contribution in [2.45, 2.75) is 18.9 Å². The molecule has 1 heterocycles. The van der Waals surface area contributed by atoms with Gasteiger partial charge in [-0.15, -0.1) is 5.16 Å². The first kappa shape index (κ1) is 5.56. The van der Waals surface area contributed by atoms with Crippen LogP contribution >= 0.6 is 0 Å². The lowest BCUT2D eigenvalue weighted by molar-refractivity contribution is 0.319. The molecule has 1 rings (SSSR count). The van der Waals surface area contributed by atoms with E-state index in [2.05, 4.69) is 10.5 Å². The summed E-state index contributed by atoms with van der Waals surface area (Å²) in [6.45, 7) is 1.05. The highest BCUT2D eigenvalue weighted by atomic mass is 16.4. The Morgan fingerprint density at radius 2 is 2.62 bits per heavy atom. The van der Waals surface area contributed by atoms with Crippen LogP contribution in [0.5, 0.6) is 0 Å². The molecule has 1 saturated heterocycles. The van der Waals surface area contributed by atoms with Crippen LogP contribution in [-0.2, 0) is 0 Å². The van der Waals surface area contributed by atoms with Crippen molar-refractivity contribution >= 4 is 6.21 Å². The molecule has 0 aromatic rings. The van der Waals surface area contributed by atoms with Gasteiger partial charge in [-0.25, -0.2) is 0 Å². The average molecular weight is 114 g/mol. The number of nitrogens with one attached hydrogen (secondary N) is 1. The normalized spacial score (nSPS) is 29.8. The second kappa shape index (κ2) is 2.67. The van der Waals surface area contributed by atoms with Crippen molar-refractivity contribution in [2.24, 2.45) is 5.16 Å². The highest BCUT2D eigenvalue weighted by Gasteiger charge is 2.10. The molecule has 3 nitrogen and oxygen atoms in total. The van der Waals surface area contributed by atoms with Crippen molar-refractivity contribution in [2.75, 3.05) is 6.54 Å². The summed E-state index contributed by atoms with van der Waals surface area (Å²) in [6.07, 6.45) is 3.83. The molecule has 1 aliphatic heterocycles. The lowest BCUT2D eigenvalue weighted by atomic mass is 10.2. The zero-order chi connectivity index (χ0) is 5.82. The Balaban J connectivity index is 2.24. The molecule has 3 heteroatoms. The van der Waals surface area contributed by atoms with Gasteiger partial charge in [-0.2, -0.15) is 0 Å². The largest absolute Gasteiger partial charge is 0.411 e. The molecule has 8 heavy (non-hydrogen) atoms. The SMILES string of the molecule is O/N=C\C1CCCN1. The molecular weight excluding hydrogens is 104 g/mol. The summed E-state index contributed by atoms with van der Waals surface area (Å²) in [7, 11) is 0. The topological polar surface area (TPSA) is 44.6 Å². The summed E-state index contributed by atoms with van der Waals surface area (Å²) in [6, 6.07) is 0.319. The average Bonchev–Trinajstić information content (AvgIpc) is 2.19. The summed E-state index contributed by atoms with van der Waals surface area (Å²) in [5.74, 6) is 0. The molecule has 0 aromatic carbocycles. The van der Waals surface area contributed by atoms with Gasteiger partial charge >= 0.3 is 0 Å². The predicted molar refractivity (Wildman–Crippen MR) is 31.3 cm³/mol. The molecule has 0 spiro atoms. The third-order valence-corrected chi connectivity index (χ3v) is 1.35. The van der Waals surface area contributed by atoms with Gasteiger partial charge in [-0.1, -0.05) is 0 Å². The van der Waals surface area contributed by atoms with Crippen LogP contribution in [0, 0.1) is 0 Å². The van der Waals surface area contributed by atoms with E-state index in [-0.39, 0.29) is 0 Å². The Bertz CT molecular complexity index is 86.4. The maximum Gasteiger partial charge on any atom is 0.0605 e. The van der Waals surface area contributed by atoms with Gasteiger partial charge < -0.3 is 10.5 Å². The zero-order valence-electron chi connectivity index (χ0n) is 4.67. The summed E-state index contributed by atoms with van der Waals surface area (Å²) in [4.78, 5) is 0. The Labute approximate surface area is 48.4 Å². The van der Waals surface area contributed by atoms with Crippen LogP contribution in [0.15, 0.2) is 5.16 Å². The third-order valence-electron chi connectivity index (χ3n) is 1.35. The highest BCUT2D eigenvalue weighted by molar-refractivity contribution is 5.63. The molecule has 1 fully saturated rings. The molecule has 0 bridgehead atoms. The number of nitrogens with zero attached hydrogens (tertiary/aromatic N) is 1. The minimum atomic E-state index is 0.319. The van der Waals surface area contributed by atoms with Crippen molar-refractivity contribution in [3.63, 3.8) is 0 Å². The van der Waals surface area contributed by atoms with Gasteiger partial charge in [0.15, 0.2) is 0 Å². The summed E-state index contributed by atoms with van der Waals surface area (Å²) < 4.78 is 0. The third kappa shape index (κ3) is 1.20. The minimum Gasteiger partial charge on any atom is -0.411 e. The van der Waals surface area contributed by atoms with Crippen molar-refractivity contribution in [3.8, 4) is 0 Å². The Morgan fingerprint density at radius 3 is 3.12 bits per heavy atom. The van der Waals surface area contributed by atoms with E-state index in [1.807, 2.05) is 0 Å². The Hall–Kier alpha value is -0.570. The van der Waals surface area contributed by atoms with Crippen LogP contribution < -0.4 is 5.32 Å². The van der Waals surface area contributed by atoms with Gasteiger partial charge in [0.2, 0.25) is 0 Å². The molecule has 0 amide bonds. The van der Waals surface area contributed by atoms with E-state index in [1.54, 1.807) is 0 Å². The molecule has 2 N–H and O–H groups in total. The van der Waals surface area contributed by atoms with E-state index in [9.17, 15) is 0 Å². The van der Waals surface area contributed by atoms with Crippen LogP contribution in [0.25, 0.3) is 0 Å². The fraction of sp³-hybridized carbons (Fsp3) is 0.800. The summed E-state index contributed by atoms with van der Waals surface area (Å²) in [5.41, 5.74) is 0. The van der Waals surface area contributed by atoms with Crippen molar-refractivity contribution in [3.05, 3.63) is 0 Å². The lowest BCUT2D eigenvalue weighted by Gasteiger charge is -1.97. The molecule has 1 aliphatic rings. The van der Waals surface area contributed by atoms with E-state index < -0.39 is 0 Å². The van der Waals surface area contributed by atoms with Gasteiger partial charge in [0.1, 0.15) is 0 Å². The fourth-order valence-corrected chi connectivity index (χ4v) is 0.919. The molecule has 1 atom stereocenters. The highest BCUT2D eigenvalue weighted by Crippen LogP contribution is 2.01. The number of hydrogen-bond acceptors (Lipinski definition) is 3. The number of rotatable bonds is 1. The van der Waals surface area contributed by atoms with Crippen molar-refractivity contribution in [1.82, 2.24) is 5.32 Å². The lowest BCUT2D eigenvalue weighted by Crippen LogP contribution is -2.22. The molecule has 0 radical (unpaired) electrons. The first-order valence-electron chi connectivity index (χ1n) is 2.84. The zero-order valence-corrected chi connectivity index (χ0v) is 4.67. The molecule has 0 aliphatic carbocycles. The molecule has 0 aromatic heterocycles. The van der Waals surface area contributed by atoms with E-state index in [4.69, 9.17) is 5.21 Å². The quantitative estimate of drug-likeness (QED) is 0.290. The molecule has 0 saturated carbocycles. The van der Waals surface area contributed by atoms with E-state index in [0.29, 0.717) is 6.04 Å². The van der Waals surface area contributed by atoms with Crippen LogP contribution in [0.2, 0.25) is 0 Å². The Kier molecular flexibility index (Phi) is 1.86. The maximum atomic E-state index is 8.06. The van der Waals surface area contributed by atoms with E-state index in [1.165, 1.54) is 12.6 Å². The maximum absolute atomic E-state index is 8.06. The first-order valence-corrected chi connectivity index (χ1v) is 2.84. The van der Waals surface area contributed by atoms with Gasteiger partial charge in [0.25, 0.3) is 0 Å². The van der Waals surface area contributed by atoms with Gasteiger partial charge in [0, 0.05) is 6.04 Å². The van der Waals surface area contributed by atoms with Crippen molar-refractivity contribution in [1.29, 1.82) is 0 Å². The van der Waals surface area contributed by atoms with Crippen LogP contribution in [-0.4, -0.2) is 24.0 Å².